The summed E-state index contributed by atoms with van der Waals surface area (Å²) in [6.07, 6.45) is -2.73. The van der Waals surface area contributed by atoms with E-state index in [9.17, 15) is 18.0 Å². The van der Waals surface area contributed by atoms with Crippen LogP contribution < -0.4 is 5.32 Å². The van der Waals surface area contributed by atoms with Crippen LogP contribution in [0, 0.1) is 0 Å². The van der Waals surface area contributed by atoms with Gasteiger partial charge in [0.15, 0.2) is 5.82 Å². The second-order valence-corrected chi connectivity index (χ2v) is 6.62. The fourth-order valence-corrected chi connectivity index (χ4v) is 3.14. The van der Waals surface area contributed by atoms with E-state index in [4.69, 9.17) is 0 Å². The fourth-order valence-electron chi connectivity index (χ4n) is 2.56. The summed E-state index contributed by atoms with van der Waals surface area (Å²) in [7, 11) is 0. The van der Waals surface area contributed by atoms with Gasteiger partial charge >= 0.3 is 6.18 Å². The van der Waals surface area contributed by atoms with Crippen LogP contribution in [0.1, 0.15) is 15.9 Å². The molecule has 0 aliphatic carbocycles. The molecule has 4 aromatic rings. The van der Waals surface area contributed by atoms with Gasteiger partial charge in [0.2, 0.25) is 5.13 Å². The first kappa shape index (κ1) is 18.1. The number of benzene rings is 2. The van der Waals surface area contributed by atoms with E-state index in [-0.39, 0.29) is 10.7 Å². The summed E-state index contributed by atoms with van der Waals surface area (Å²) in [5.74, 6) is -0.207. The lowest BCUT2D eigenvalue weighted by atomic mass is 10.1. The lowest BCUT2D eigenvalue weighted by Crippen LogP contribution is -2.12. The number of halogens is 3. The SMILES string of the molecule is O=C(Nc1nc(-c2cc3ccccc3cn2)ns1)c1ccc(C(F)(F)F)cc1. The highest BCUT2D eigenvalue weighted by molar-refractivity contribution is 7.10. The smallest absolute Gasteiger partial charge is 0.297 e. The van der Waals surface area contributed by atoms with Gasteiger partial charge in [-0.3, -0.25) is 15.1 Å². The number of nitrogens with zero attached hydrogens (tertiary/aromatic N) is 3. The predicted octanol–water partition coefficient (Wildman–Crippen LogP) is 5.02. The van der Waals surface area contributed by atoms with Crippen molar-refractivity contribution in [3.05, 3.63) is 71.9 Å². The van der Waals surface area contributed by atoms with E-state index in [1.807, 2.05) is 30.3 Å². The van der Waals surface area contributed by atoms with Crippen molar-refractivity contribution in [1.29, 1.82) is 0 Å². The van der Waals surface area contributed by atoms with Crippen LogP contribution in [-0.4, -0.2) is 20.2 Å². The Kier molecular flexibility index (Phi) is 4.52. The third kappa shape index (κ3) is 3.70. The molecule has 0 bridgehead atoms. The molecular weight excluding hydrogens is 389 g/mol. The van der Waals surface area contributed by atoms with Crippen LogP contribution in [0.5, 0.6) is 0 Å². The van der Waals surface area contributed by atoms with Gasteiger partial charge in [-0.25, -0.2) is 0 Å². The van der Waals surface area contributed by atoms with Crippen LogP contribution in [0.4, 0.5) is 18.3 Å². The summed E-state index contributed by atoms with van der Waals surface area (Å²) in [5.41, 5.74) is -0.164. The summed E-state index contributed by atoms with van der Waals surface area (Å²) in [5, 5.41) is 4.74. The number of nitrogens with one attached hydrogen (secondary N) is 1. The molecule has 0 saturated carbocycles. The van der Waals surface area contributed by atoms with Gasteiger partial charge in [0.25, 0.3) is 5.91 Å². The molecule has 0 aliphatic heterocycles. The first-order chi connectivity index (χ1) is 13.4. The Bertz CT molecular complexity index is 1160. The van der Waals surface area contributed by atoms with E-state index in [0.717, 1.165) is 46.6 Å². The van der Waals surface area contributed by atoms with Crippen LogP contribution in [0.2, 0.25) is 0 Å². The van der Waals surface area contributed by atoms with Crippen LogP contribution in [0.25, 0.3) is 22.3 Å². The molecule has 0 atom stereocenters. The molecule has 28 heavy (non-hydrogen) atoms. The average molecular weight is 400 g/mol. The third-order valence-electron chi connectivity index (χ3n) is 3.98. The van der Waals surface area contributed by atoms with E-state index < -0.39 is 17.6 Å². The first-order valence-electron chi connectivity index (χ1n) is 8.08. The normalized spacial score (nSPS) is 11.5. The third-order valence-corrected chi connectivity index (χ3v) is 4.61. The lowest BCUT2D eigenvalue weighted by molar-refractivity contribution is -0.137. The molecule has 0 saturated heterocycles. The number of amides is 1. The molecular formula is C19H11F3N4OS. The van der Waals surface area contributed by atoms with Crippen LogP contribution in [0.15, 0.2) is 60.8 Å². The van der Waals surface area contributed by atoms with E-state index in [2.05, 4.69) is 19.7 Å². The topological polar surface area (TPSA) is 67.8 Å². The van der Waals surface area contributed by atoms with Crippen molar-refractivity contribution < 1.29 is 18.0 Å². The standard InChI is InChI=1S/C19H11F3N4OS/c20-19(21,22)14-7-5-11(6-8-14)17(27)25-18-24-16(26-28-18)15-9-12-3-1-2-4-13(12)10-23-15/h1-10H,(H,24,25,26,27). The van der Waals surface area contributed by atoms with Gasteiger partial charge in [-0.1, -0.05) is 24.3 Å². The van der Waals surface area contributed by atoms with Crippen molar-refractivity contribution >= 4 is 33.3 Å². The zero-order chi connectivity index (χ0) is 19.7. The number of hydrogen-bond acceptors (Lipinski definition) is 5. The molecule has 0 aliphatic rings. The molecule has 4 rings (SSSR count). The monoisotopic (exact) mass is 400 g/mol. The van der Waals surface area contributed by atoms with Crippen molar-refractivity contribution in [2.24, 2.45) is 0 Å². The highest BCUT2D eigenvalue weighted by Gasteiger charge is 2.30. The van der Waals surface area contributed by atoms with E-state index in [1.54, 1.807) is 6.20 Å². The molecule has 140 valence electrons. The second-order valence-electron chi connectivity index (χ2n) is 5.87. The van der Waals surface area contributed by atoms with Crippen molar-refractivity contribution in [2.45, 2.75) is 6.18 Å². The number of aromatic nitrogens is 3. The minimum absolute atomic E-state index is 0.0913. The van der Waals surface area contributed by atoms with Crippen molar-refractivity contribution in [3.63, 3.8) is 0 Å². The molecule has 0 fully saturated rings. The minimum atomic E-state index is -4.45. The van der Waals surface area contributed by atoms with Gasteiger partial charge in [0.1, 0.15) is 5.69 Å². The highest BCUT2D eigenvalue weighted by atomic mass is 32.1. The predicted molar refractivity (Wildman–Crippen MR) is 100 cm³/mol. The number of anilines is 1. The number of alkyl halides is 3. The maximum absolute atomic E-state index is 12.6. The quantitative estimate of drug-likeness (QED) is 0.524. The lowest BCUT2D eigenvalue weighted by Gasteiger charge is -2.07. The Labute approximate surface area is 161 Å². The summed E-state index contributed by atoms with van der Waals surface area (Å²) < 4.78 is 42.0. The average Bonchev–Trinajstić information content (AvgIpc) is 3.15. The number of hydrogen-bond donors (Lipinski definition) is 1. The largest absolute Gasteiger partial charge is 0.416 e. The van der Waals surface area contributed by atoms with Crippen LogP contribution in [0.3, 0.4) is 0 Å². The van der Waals surface area contributed by atoms with Gasteiger partial charge in [-0.05, 0) is 35.7 Å². The van der Waals surface area contributed by atoms with Gasteiger partial charge in [-0.2, -0.15) is 22.5 Å². The maximum atomic E-state index is 12.6. The molecule has 5 nitrogen and oxygen atoms in total. The molecule has 0 radical (unpaired) electrons. The van der Waals surface area contributed by atoms with Gasteiger partial charge in [0, 0.05) is 28.7 Å². The Balaban J connectivity index is 1.51. The van der Waals surface area contributed by atoms with E-state index in [0.29, 0.717) is 11.5 Å². The molecule has 2 heterocycles. The molecule has 1 N–H and O–H groups in total. The Morgan fingerprint density at radius 2 is 1.71 bits per heavy atom. The second kappa shape index (κ2) is 7.01. The first-order valence-corrected chi connectivity index (χ1v) is 8.85. The zero-order valence-electron chi connectivity index (χ0n) is 14.1. The Morgan fingerprint density at radius 1 is 1.00 bits per heavy atom. The van der Waals surface area contributed by atoms with Gasteiger partial charge in [0.05, 0.1) is 5.56 Å². The fraction of sp³-hybridized carbons (Fsp3) is 0.0526. The molecule has 9 heteroatoms. The summed E-state index contributed by atoms with van der Waals surface area (Å²) in [4.78, 5) is 20.8. The summed E-state index contributed by atoms with van der Waals surface area (Å²) in [6.45, 7) is 0. The zero-order valence-corrected chi connectivity index (χ0v) is 14.9. The number of pyridine rings is 1. The number of carbonyl (C=O) groups excluding carboxylic acids is 1. The molecule has 1 amide bonds. The number of rotatable bonds is 3. The maximum Gasteiger partial charge on any atom is 0.416 e. The van der Waals surface area contributed by atoms with Gasteiger partial charge in [-0.15, -0.1) is 0 Å². The van der Waals surface area contributed by atoms with Gasteiger partial charge < -0.3 is 0 Å². The number of carbonyl (C=O) groups is 1. The molecule has 2 aromatic heterocycles. The molecule has 0 spiro atoms. The minimum Gasteiger partial charge on any atom is -0.297 e. The van der Waals surface area contributed by atoms with E-state index in [1.165, 1.54) is 0 Å². The summed E-state index contributed by atoms with van der Waals surface area (Å²) in [6, 6.07) is 13.5. The van der Waals surface area contributed by atoms with Crippen molar-refractivity contribution in [3.8, 4) is 11.5 Å². The van der Waals surface area contributed by atoms with Crippen molar-refractivity contribution in [1.82, 2.24) is 14.3 Å². The highest BCUT2D eigenvalue weighted by Crippen LogP contribution is 2.29. The van der Waals surface area contributed by atoms with Crippen LogP contribution >= 0.6 is 11.5 Å². The van der Waals surface area contributed by atoms with Crippen molar-refractivity contribution in [2.75, 3.05) is 5.32 Å². The van der Waals surface area contributed by atoms with Crippen LogP contribution in [-0.2, 0) is 6.18 Å². The summed E-state index contributed by atoms with van der Waals surface area (Å²) >= 11 is 0.967. The van der Waals surface area contributed by atoms with E-state index >= 15 is 0 Å². The molecule has 2 aromatic carbocycles. The number of fused-ring (bicyclic) bond motifs is 1. The Hall–Kier alpha value is -3.33. The Morgan fingerprint density at radius 3 is 2.43 bits per heavy atom. The molecule has 0 unspecified atom stereocenters.